The van der Waals surface area contributed by atoms with Gasteiger partial charge in [-0.2, -0.15) is 0 Å². The first-order chi connectivity index (χ1) is 9.20. The SMILES string of the molecule is CCCc1nc(N)c(C)c(NCc2ccccc2)n1. The zero-order chi connectivity index (χ0) is 13.7. The van der Waals surface area contributed by atoms with Crippen LogP contribution in [0.5, 0.6) is 0 Å². The molecule has 1 aromatic heterocycles. The molecule has 0 aliphatic rings. The first-order valence-electron chi connectivity index (χ1n) is 6.61. The molecule has 1 aromatic carbocycles. The molecule has 1 heterocycles. The molecule has 0 unspecified atom stereocenters. The molecule has 0 aliphatic carbocycles. The summed E-state index contributed by atoms with van der Waals surface area (Å²) >= 11 is 0. The van der Waals surface area contributed by atoms with Gasteiger partial charge >= 0.3 is 0 Å². The zero-order valence-electron chi connectivity index (χ0n) is 11.5. The van der Waals surface area contributed by atoms with E-state index in [4.69, 9.17) is 5.73 Å². The van der Waals surface area contributed by atoms with Gasteiger partial charge in [-0.1, -0.05) is 37.3 Å². The van der Waals surface area contributed by atoms with Gasteiger partial charge < -0.3 is 11.1 Å². The van der Waals surface area contributed by atoms with Crippen LogP contribution in [0.2, 0.25) is 0 Å². The van der Waals surface area contributed by atoms with E-state index in [1.54, 1.807) is 0 Å². The van der Waals surface area contributed by atoms with Gasteiger partial charge in [0.15, 0.2) is 0 Å². The molecule has 0 bridgehead atoms. The Balaban J connectivity index is 2.15. The van der Waals surface area contributed by atoms with E-state index in [9.17, 15) is 0 Å². The Morgan fingerprint density at radius 1 is 1.16 bits per heavy atom. The number of anilines is 2. The molecule has 0 amide bonds. The van der Waals surface area contributed by atoms with Crippen molar-refractivity contribution < 1.29 is 0 Å². The Morgan fingerprint density at radius 3 is 2.58 bits per heavy atom. The number of rotatable bonds is 5. The average molecular weight is 256 g/mol. The largest absolute Gasteiger partial charge is 0.383 e. The fourth-order valence-electron chi connectivity index (χ4n) is 1.87. The molecule has 4 nitrogen and oxygen atoms in total. The molecule has 2 rings (SSSR count). The van der Waals surface area contributed by atoms with Crippen LogP contribution in [-0.2, 0) is 13.0 Å². The lowest BCUT2D eigenvalue weighted by Crippen LogP contribution is -2.09. The van der Waals surface area contributed by atoms with Gasteiger partial charge in [-0.15, -0.1) is 0 Å². The first-order valence-corrected chi connectivity index (χ1v) is 6.61. The van der Waals surface area contributed by atoms with E-state index in [0.717, 1.165) is 36.6 Å². The predicted molar refractivity (Wildman–Crippen MR) is 78.9 cm³/mol. The maximum atomic E-state index is 5.93. The van der Waals surface area contributed by atoms with Gasteiger partial charge in [0.1, 0.15) is 17.5 Å². The minimum Gasteiger partial charge on any atom is -0.383 e. The molecular formula is C15H20N4. The minimum atomic E-state index is 0.564. The standard InChI is InChI=1S/C15H20N4/c1-3-7-13-18-14(16)11(2)15(19-13)17-10-12-8-5-4-6-9-12/h4-6,8-9H,3,7,10H2,1-2H3,(H3,16,17,18,19). The van der Waals surface area contributed by atoms with E-state index in [1.807, 2.05) is 25.1 Å². The third-order valence-electron chi connectivity index (χ3n) is 3.01. The number of aromatic nitrogens is 2. The van der Waals surface area contributed by atoms with Gasteiger partial charge in [0.05, 0.1) is 0 Å². The lowest BCUT2D eigenvalue weighted by Gasteiger charge is -2.11. The molecule has 0 aliphatic heterocycles. The summed E-state index contributed by atoms with van der Waals surface area (Å²) in [5, 5.41) is 3.34. The number of nitrogens with one attached hydrogen (secondary N) is 1. The van der Waals surface area contributed by atoms with Crippen molar-refractivity contribution in [3.63, 3.8) is 0 Å². The minimum absolute atomic E-state index is 0.564. The van der Waals surface area contributed by atoms with Gasteiger partial charge in [-0.05, 0) is 18.9 Å². The Labute approximate surface area is 114 Å². The summed E-state index contributed by atoms with van der Waals surface area (Å²) in [6.07, 6.45) is 1.87. The third-order valence-corrected chi connectivity index (χ3v) is 3.01. The van der Waals surface area contributed by atoms with E-state index in [0.29, 0.717) is 5.82 Å². The highest BCUT2D eigenvalue weighted by atomic mass is 15.1. The summed E-state index contributed by atoms with van der Waals surface area (Å²) in [6.45, 7) is 4.79. The fraction of sp³-hybridized carbons (Fsp3) is 0.333. The van der Waals surface area contributed by atoms with Crippen LogP contribution >= 0.6 is 0 Å². The van der Waals surface area contributed by atoms with Crippen LogP contribution in [0.1, 0.15) is 30.3 Å². The molecule has 4 heteroatoms. The van der Waals surface area contributed by atoms with Crippen LogP contribution in [0.25, 0.3) is 0 Å². The second-order valence-corrected chi connectivity index (χ2v) is 4.59. The molecule has 0 atom stereocenters. The molecule has 0 saturated carbocycles. The topological polar surface area (TPSA) is 63.8 Å². The number of aryl methyl sites for hydroxylation is 1. The van der Waals surface area contributed by atoms with Crippen molar-refractivity contribution in [2.45, 2.75) is 33.2 Å². The van der Waals surface area contributed by atoms with Crippen molar-refractivity contribution in [1.82, 2.24) is 9.97 Å². The quantitative estimate of drug-likeness (QED) is 0.863. The van der Waals surface area contributed by atoms with Gasteiger partial charge in [0.2, 0.25) is 0 Å². The van der Waals surface area contributed by atoms with Gasteiger partial charge in [0.25, 0.3) is 0 Å². The summed E-state index contributed by atoms with van der Waals surface area (Å²) in [7, 11) is 0. The molecule has 0 fully saturated rings. The van der Waals surface area contributed by atoms with Crippen molar-refractivity contribution >= 4 is 11.6 Å². The van der Waals surface area contributed by atoms with Crippen molar-refractivity contribution in [2.75, 3.05) is 11.1 Å². The molecule has 3 N–H and O–H groups in total. The van der Waals surface area contributed by atoms with E-state index >= 15 is 0 Å². The van der Waals surface area contributed by atoms with Gasteiger partial charge in [0, 0.05) is 18.5 Å². The lowest BCUT2D eigenvalue weighted by molar-refractivity contribution is 0.833. The van der Waals surface area contributed by atoms with E-state index in [2.05, 4.69) is 34.3 Å². The van der Waals surface area contributed by atoms with Crippen molar-refractivity contribution in [3.8, 4) is 0 Å². The molecule has 0 radical (unpaired) electrons. The summed E-state index contributed by atoms with van der Waals surface area (Å²) in [4.78, 5) is 8.84. The smallest absolute Gasteiger partial charge is 0.135 e. The number of nitrogens with two attached hydrogens (primary N) is 1. The van der Waals surface area contributed by atoms with Crippen LogP contribution in [0.3, 0.4) is 0 Å². The van der Waals surface area contributed by atoms with Crippen LogP contribution in [-0.4, -0.2) is 9.97 Å². The highest BCUT2D eigenvalue weighted by Crippen LogP contribution is 2.18. The van der Waals surface area contributed by atoms with Crippen LogP contribution in [0.4, 0.5) is 11.6 Å². The van der Waals surface area contributed by atoms with E-state index in [1.165, 1.54) is 5.56 Å². The molecule has 0 spiro atoms. The Kier molecular flexibility index (Phi) is 4.34. The third kappa shape index (κ3) is 3.44. The second-order valence-electron chi connectivity index (χ2n) is 4.59. The Morgan fingerprint density at radius 2 is 1.89 bits per heavy atom. The zero-order valence-corrected chi connectivity index (χ0v) is 11.5. The van der Waals surface area contributed by atoms with Crippen LogP contribution in [0.15, 0.2) is 30.3 Å². The Hall–Kier alpha value is -2.10. The van der Waals surface area contributed by atoms with E-state index in [-0.39, 0.29) is 0 Å². The summed E-state index contributed by atoms with van der Waals surface area (Å²) in [5.74, 6) is 2.20. The maximum absolute atomic E-state index is 5.93. The number of nitrogens with zero attached hydrogens (tertiary/aromatic N) is 2. The van der Waals surface area contributed by atoms with E-state index < -0.39 is 0 Å². The number of hydrogen-bond donors (Lipinski definition) is 2. The predicted octanol–water partition coefficient (Wildman–Crippen LogP) is 2.93. The molecule has 100 valence electrons. The summed E-state index contributed by atoms with van der Waals surface area (Å²) < 4.78 is 0. The molecule has 0 saturated heterocycles. The van der Waals surface area contributed by atoms with Crippen molar-refractivity contribution in [3.05, 3.63) is 47.3 Å². The number of nitrogen functional groups attached to an aromatic ring is 1. The first kappa shape index (κ1) is 13.3. The molecular weight excluding hydrogens is 236 g/mol. The van der Waals surface area contributed by atoms with Gasteiger partial charge in [-0.3, -0.25) is 0 Å². The van der Waals surface area contributed by atoms with Gasteiger partial charge in [-0.25, -0.2) is 9.97 Å². The average Bonchev–Trinajstić information content (AvgIpc) is 2.42. The molecule has 2 aromatic rings. The lowest BCUT2D eigenvalue weighted by atomic mass is 10.2. The monoisotopic (exact) mass is 256 g/mol. The number of benzene rings is 1. The summed E-state index contributed by atoms with van der Waals surface area (Å²) in [6, 6.07) is 10.2. The van der Waals surface area contributed by atoms with Crippen LogP contribution < -0.4 is 11.1 Å². The second kappa shape index (κ2) is 6.18. The molecule has 19 heavy (non-hydrogen) atoms. The highest BCUT2D eigenvalue weighted by Gasteiger charge is 2.07. The van der Waals surface area contributed by atoms with Crippen molar-refractivity contribution in [1.29, 1.82) is 0 Å². The normalized spacial score (nSPS) is 10.4. The fourth-order valence-corrected chi connectivity index (χ4v) is 1.87. The number of hydrogen-bond acceptors (Lipinski definition) is 4. The summed E-state index contributed by atoms with van der Waals surface area (Å²) in [5.41, 5.74) is 8.06. The van der Waals surface area contributed by atoms with Crippen molar-refractivity contribution in [2.24, 2.45) is 0 Å². The highest BCUT2D eigenvalue weighted by molar-refractivity contribution is 5.54. The van der Waals surface area contributed by atoms with Crippen LogP contribution in [0, 0.1) is 6.92 Å². The Bertz CT molecular complexity index is 537. The maximum Gasteiger partial charge on any atom is 0.135 e.